The predicted molar refractivity (Wildman–Crippen MR) is 112 cm³/mol. The van der Waals surface area contributed by atoms with Gasteiger partial charge in [-0.15, -0.1) is 0 Å². The summed E-state index contributed by atoms with van der Waals surface area (Å²) in [6.45, 7) is 1.91. The quantitative estimate of drug-likeness (QED) is 0.454. The summed E-state index contributed by atoms with van der Waals surface area (Å²) in [7, 11) is -4.05. The van der Waals surface area contributed by atoms with Gasteiger partial charge < -0.3 is 10.1 Å². The van der Waals surface area contributed by atoms with Crippen LogP contribution in [0.25, 0.3) is 21.7 Å². The normalized spacial score (nSPS) is 13.0. The van der Waals surface area contributed by atoms with Crippen molar-refractivity contribution in [2.75, 3.05) is 0 Å². The van der Waals surface area contributed by atoms with Gasteiger partial charge >= 0.3 is 5.97 Å². The lowest BCUT2D eigenvalue weighted by molar-refractivity contribution is -0.138. The second-order valence-corrected chi connectivity index (χ2v) is 8.68. The summed E-state index contributed by atoms with van der Waals surface area (Å²) in [6, 6.07) is 16.6. The van der Waals surface area contributed by atoms with Crippen LogP contribution >= 0.6 is 0 Å². The van der Waals surface area contributed by atoms with E-state index in [-0.39, 0.29) is 11.3 Å². The minimum Gasteiger partial charge on any atom is -0.480 e. The number of aliphatic carboxylic acids is 1. The van der Waals surface area contributed by atoms with Crippen molar-refractivity contribution in [2.45, 2.75) is 24.3 Å². The topological polar surface area (TPSA) is 99.3 Å². The largest absolute Gasteiger partial charge is 0.480 e. The molecule has 0 fully saturated rings. The standard InChI is InChI=1S/C22H20N2O4S/c1-14-10-11-21(18-8-3-2-6-16(14)18)29(27,28)24-20(22(25)26)12-15-13-23-19-9-5-4-7-17(15)19/h2-11,13,20,23-24H,12H2,1H3,(H,25,26)/t20-/m0/s1. The molecule has 0 radical (unpaired) electrons. The number of sulfonamides is 1. The van der Waals surface area contributed by atoms with Crippen molar-refractivity contribution in [3.05, 3.63) is 78.0 Å². The first kappa shape index (κ1) is 19.2. The number of rotatable bonds is 6. The number of hydrogen-bond donors (Lipinski definition) is 3. The number of hydrogen-bond acceptors (Lipinski definition) is 3. The zero-order valence-electron chi connectivity index (χ0n) is 15.7. The number of fused-ring (bicyclic) bond motifs is 2. The van der Waals surface area contributed by atoms with E-state index in [1.165, 1.54) is 6.07 Å². The summed E-state index contributed by atoms with van der Waals surface area (Å²) in [5.41, 5.74) is 2.57. The molecule has 6 nitrogen and oxygen atoms in total. The summed E-state index contributed by atoms with van der Waals surface area (Å²) in [5, 5.41) is 11.9. The molecule has 0 spiro atoms. The Hall–Kier alpha value is -3.16. The first-order chi connectivity index (χ1) is 13.9. The predicted octanol–water partition coefficient (Wildman–Crippen LogP) is 3.60. The first-order valence-corrected chi connectivity index (χ1v) is 10.6. The average molecular weight is 408 g/mol. The fourth-order valence-electron chi connectivity index (χ4n) is 3.61. The molecule has 0 saturated carbocycles. The molecule has 0 unspecified atom stereocenters. The molecule has 0 aliphatic carbocycles. The molecule has 148 valence electrons. The monoisotopic (exact) mass is 408 g/mol. The number of benzene rings is 3. The van der Waals surface area contributed by atoms with Crippen LogP contribution in [0.5, 0.6) is 0 Å². The number of H-pyrrole nitrogens is 1. The van der Waals surface area contributed by atoms with Gasteiger partial charge in [-0.05, 0) is 35.6 Å². The lowest BCUT2D eigenvalue weighted by Gasteiger charge is -2.16. The number of aryl methyl sites for hydroxylation is 1. The van der Waals surface area contributed by atoms with E-state index in [1.54, 1.807) is 24.4 Å². The van der Waals surface area contributed by atoms with E-state index in [4.69, 9.17) is 0 Å². The van der Waals surface area contributed by atoms with Gasteiger partial charge in [-0.2, -0.15) is 4.72 Å². The van der Waals surface area contributed by atoms with Crippen molar-refractivity contribution in [1.82, 2.24) is 9.71 Å². The number of aromatic nitrogens is 1. The summed E-state index contributed by atoms with van der Waals surface area (Å²) >= 11 is 0. The lowest BCUT2D eigenvalue weighted by Crippen LogP contribution is -2.42. The molecule has 0 aliphatic heterocycles. The molecule has 3 N–H and O–H groups in total. The lowest BCUT2D eigenvalue weighted by atomic mass is 10.1. The number of carbonyl (C=O) groups is 1. The van der Waals surface area contributed by atoms with Gasteiger partial charge in [0.15, 0.2) is 0 Å². The maximum absolute atomic E-state index is 13.1. The van der Waals surface area contributed by atoms with E-state index in [1.807, 2.05) is 43.3 Å². The highest BCUT2D eigenvalue weighted by Gasteiger charge is 2.27. The number of nitrogens with one attached hydrogen (secondary N) is 2. The zero-order chi connectivity index (χ0) is 20.6. The maximum atomic E-state index is 13.1. The molecule has 0 saturated heterocycles. The van der Waals surface area contributed by atoms with Crippen molar-refractivity contribution in [3.8, 4) is 0 Å². The van der Waals surface area contributed by atoms with Crippen LogP contribution in [0.2, 0.25) is 0 Å². The Bertz CT molecular complexity index is 1330. The highest BCUT2D eigenvalue weighted by molar-refractivity contribution is 7.89. The van der Waals surface area contributed by atoms with Crippen molar-refractivity contribution in [3.63, 3.8) is 0 Å². The van der Waals surface area contributed by atoms with Crippen LogP contribution in [-0.4, -0.2) is 30.5 Å². The fourth-order valence-corrected chi connectivity index (χ4v) is 5.01. The van der Waals surface area contributed by atoms with Crippen LogP contribution in [0.1, 0.15) is 11.1 Å². The van der Waals surface area contributed by atoms with Crippen LogP contribution in [0, 0.1) is 6.92 Å². The molecular weight excluding hydrogens is 388 g/mol. The molecule has 1 aromatic heterocycles. The molecular formula is C22H20N2O4S. The summed E-state index contributed by atoms with van der Waals surface area (Å²) in [5.74, 6) is -1.23. The molecule has 1 heterocycles. The van der Waals surface area contributed by atoms with Crippen molar-refractivity contribution < 1.29 is 18.3 Å². The molecule has 0 bridgehead atoms. The van der Waals surface area contributed by atoms with Crippen molar-refractivity contribution in [1.29, 1.82) is 0 Å². The minimum atomic E-state index is -4.05. The highest BCUT2D eigenvalue weighted by Crippen LogP contribution is 2.26. The molecule has 29 heavy (non-hydrogen) atoms. The number of carboxylic acids is 1. The summed E-state index contributed by atoms with van der Waals surface area (Å²) < 4.78 is 28.5. The van der Waals surface area contributed by atoms with Crippen LogP contribution < -0.4 is 4.72 Å². The molecule has 3 aromatic carbocycles. The molecule has 4 rings (SSSR count). The maximum Gasteiger partial charge on any atom is 0.322 e. The van der Waals surface area contributed by atoms with Gasteiger partial charge in [0, 0.05) is 28.9 Å². The fraction of sp³-hybridized carbons (Fsp3) is 0.136. The molecule has 1 atom stereocenters. The van der Waals surface area contributed by atoms with Gasteiger partial charge in [0.2, 0.25) is 10.0 Å². The third kappa shape index (κ3) is 3.62. The third-order valence-corrected chi connectivity index (χ3v) is 6.62. The first-order valence-electron chi connectivity index (χ1n) is 9.15. The highest BCUT2D eigenvalue weighted by atomic mass is 32.2. The van der Waals surface area contributed by atoms with Crippen LogP contribution in [0.15, 0.2) is 71.8 Å². The van der Waals surface area contributed by atoms with Gasteiger partial charge in [0.05, 0.1) is 4.90 Å². The van der Waals surface area contributed by atoms with Crippen molar-refractivity contribution >= 4 is 37.7 Å². The Labute approximate surface area is 168 Å². The van der Waals surface area contributed by atoms with Crippen molar-refractivity contribution in [2.24, 2.45) is 0 Å². The van der Waals surface area contributed by atoms with E-state index >= 15 is 0 Å². The van der Waals surface area contributed by atoms with Crippen LogP contribution in [-0.2, 0) is 21.2 Å². The second-order valence-electron chi connectivity index (χ2n) is 7.00. The molecule has 0 aliphatic rings. The summed E-state index contributed by atoms with van der Waals surface area (Å²) in [6.07, 6.45) is 1.75. The van der Waals surface area contributed by atoms with E-state index in [2.05, 4.69) is 9.71 Å². The molecule has 7 heteroatoms. The summed E-state index contributed by atoms with van der Waals surface area (Å²) in [4.78, 5) is 15.0. The second kappa shape index (κ2) is 7.35. The van der Waals surface area contributed by atoms with E-state index in [0.717, 1.165) is 27.4 Å². The SMILES string of the molecule is Cc1ccc(S(=O)(=O)N[C@@H](Cc2c[nH]c3ccccc23)C(=O)O)c2ccccc12. The zero-order valence-corrected chi connectivity index (χ0v) is 16.5. The number of aromatic amines is 1. The van der Waals surface area contributed by atoms with Gasteiger partial charge in [-0.3, -0.25) is 4.79 Å². The molecule has 4 aromatic rings. The average Bonchev–Trinajstić information content (AvgIpc) is 3.10. The van der Waals surface area contributed by atoms with Crippen LogP contribution in [0.4, 0.5) is 0 Å². The smallest absolute Gasteiger partial charge is 0.322 e. The van der Waals surface area contributed by atoms with Crippen LogP contribution in [0.3, 0.4) is 0 Å². The van der Waals surface area contributed by atoms with E-state index in [9.17, 15) is 18.3 Å². The van der Waals surface area contributed by atoms with Gasteiger partial charge in [-0.25, -0.2) is 8.42 Å². The number of para-hydroxylation sites is 1. The Kier molecular flexibility index (Phi) is 4.86. The Morgan fingerprint density at radius 3 is 2.38 bits per heavy atom. The van der Waals surface area contributed by atoms with Gasteiger partial charge in [0.1, 0.15) is 6.04 Å². The third-order valence-electron chi connectivity index (χ3n) is 5.09. The Morgan fingerprint density at radius 2 is 1.66 bits per heavy atom. The molecule has 0 amide bonds. The van der Waals surface area contributed by atoms with E-state index < -0.39 is 22.0 Å². The Morgan fingerprint density at radius 1 is 1.00 bits per heavy atom. The minimum absolute atomic E-state index is 0.0301. The number of carboxylic acid groups (broad SMARTS) is 1. The van der Waals surface area contributed by atoms with Gasteiger partial charge in [0.25, 0.3) is 0 Å². The Balaban J connectivity index is 1.70. The van der Waals surface area contributed by atoms with Gasteiger partial charge in [-0.1, -0.05) is 48.5 Å². The van der Waals surface area contributed by atoms with E-state index in [0.29, 0.717) is 5.39 Å².